The van der Waals surface area contributed by atoms with E-state index in [0.29, 0.717) is 5.65 Å². The summed E-state index contributed by atoms with van der Waals surface area (Å²) in [5.41, 5.74) is 2.46. The number of benzene rings is 1. The van der Waals surface area contributed by atoms with Crippen molar-refractivity contribution in [1.82, 2.24) is 15.3 Å². The van der Waals surface area contributed by atoms with Crippen molar-refractivity contribution < 1.29 is 18.0 Å². The molecule has 23 heavy (non-hydrogen) atoms. The SMILES string of the molecule is O=C(NCC(F)(F)F)c1cccc(-c2ccnc3[nH]ccc23)c1. The zero-order valence-corrected chi connectivity index (χ0v) is 11.8. The molecule has 0 aliphatic carbocycles. The average molecular weight is 319 g/mol. The predicted octanol–water partition coefficient (Wildman–Crippen LogP) is 3.52. The molecule has 2 N–H and O–H groups in total. The van der Waals surface area contributed by atoms with Crippen LogP contribution in [0.25, 0.3) is 22.2 Å². The molecule has 118 valence electrons. The molecular formula is C16H12F3N3O. The van der Waals surface area contributed by atoms with E-state index in [1.54, 1.807) is 36.7 Å². The summed E-state index contributed by atoms with van der Waals surface area (Å²) in [6.07, 6.45) is -1.05. The monoisotopic (exact) mass is 319 g/mol. The molecule has 0 unspecified atom stereocenters. The number of carbonyl (C=O) groups is 1. The largest absolute Gasteiger partial charge is 0.405 e. The minimum absolute atomic E-state index is 0.173. The molecule has 0 saturated heterocycles. The fourth-order valence-electron chi connectivity index (χ4n) is 2.32. The zero-order chi connectivity index (χ0) is 16.4. The highest BCUT2D eigenvalue weighted by molar-refractivity contribution is 5.98. The lowest BCUT2D eigenvalue weighted by atomic mass is 10.0. The minimum atomic E-state index is -4.43. The van der Waals surface area contributed by atoms with E-state index < -0.39 is 18.6 Å². The number of pyridine rings is 1. The molecule has 2 aromatic heterocycles. The molecule has 7 heteroatoms. The maximum Gasteiger partial charge on any atom is 0.405 e. The standard InChI is InChI=1S/C16H12F3N3O/c17-16(18,19)9-22-15(23)11-3-1-2-10(8-11)12-4-6-20-14-13(12)5-7-21-14/h1-8H,9H2,(H,20,21)(H,22,23). The Morgan fingerprint density at radius 1 is 1.22 bits per heavy atom. The van der Waals surface area contributed by atoms with Crippen LogP contribution in [0.4, 0.5) is 13.2 Å². The molecule has 0 bridgehead atoms. The molecular weight excluding hydrogens is 307 g/mol. The Hall–Kier alpha value is -2.83. The van der Waals surface area contributed by atoms with Crippen molar-refractivity contribution in [3.63, 3.8) is 0 Å². The van der Waals surface area contributed by atoms with E-state index >= 15 is 0 Å². The molecule has 4 nitrogen and oxygen atoms in total. The van der Waals surface area contributed by atoms with Crippen LogP contribution in [0.15, 0.2) is 48.8 Å². The smallest absolute Gasteiger partial charge is 0.346 e. The molecule has 0 saturated carbocycles. The Kier molecular flexibility index (Phi) is 3.77. The summed E-state index contributed by atoms with van der Waals surface area (Å²) >= 11 is 0. The number of alkyl halides is 3. The molecule has 1 amide bonds. The fraction of sp³-hybridized carbons (Fsp3) is 0.125. The van der Waals surface area contributed by atoms with Crippen molar-refractivity contribution in [2.75, 3.05) is 6.54 Å². The summed E-state index contributed by atoms with van der Waals surface area (Å²) in [7, 11) is 0. The van der Waals surface area contributed by atoms with E-state index in [4.69, 9.17) is 0 Å². The van der Waals surface area contributed by atoms with Gasteiger partial charge >= 0.3 is 6.18 Å². The molecule has 0 radical (unpaired) electrons. The second-order valence-corrected chi connectivity index (χ2v) is 4.98. The van der Waals surface area contributed by atoms with Crippen LogP contribution in [-0.2, 0) is 0 Å². The van der Waals surface area contributed by atoms with Gasteiger partial charge in [-0.15, -0.1) is 0 Å². The number of hydrogen-bond acceptors (Lipinski definition) is 2. The molecule has 0 spiro atoms. The topological polar surface area (TPSA) is 57.8 Å². The van der Waals surface area contributed by atoms with Crippen LogP contribution in [0.5, 0.6) is 0 Å². The number of aromatic amines is 1. The predicted molar refractivity (Wildman–Crippen MR) is 79.9 cm³/mol. The van der Waals surface area contributed by atoms with Crippen molar-refractivity contribution >= 4 is 16.9 Å². The van der Waals surface area contributed by atoms with Gasteiger partial charge in [-0.05, 0) is 35.4 Å². The first-order valence-electron chi connectivity index (χ1n) is 6.81. The first kappa shape index (κ1) is 15.1. The highest BCUT2D eigenvalue weighted by Crippen LogP contribution is 2.27. The number of aromatic nitrogens is 2. The molecule has 2 heterocycles. The maximum atomic E-state index is 12.2. The Bertz CT molecular complexity index is 855. The molecule has 1 aromatic carbocycles. The van der Waals surface area contributed by atoms with E-state index in [0.717, 1.165) is 16.5 Å². The molecule has 0 atom stereocenters. The number of nitrogens with one attached hydrogen (secondary N) is 2. The lowest BCUT2D eigenvalue weighted by Crippen LogP contribution is -2.33. The number of amides is 1. The first-order valence-corrected chi connectivity index (χ1v) is 6.81. The van der Waals surface area contributed by atoms with Gasteiger partial charge in [-0.1, -0.05) is 12.1 Å². The van der Waals surface area contributed by atoms with Gasteiger partial charge in [-0.25, -0.2) is 4.98 Å². The van der Waals surface area contributed by atoms with Crippen LogP contribution in [0, 0.1) is 0 Å². The first-order chi connectivity index (χ1) is 10.9. The number of carbonyl (C=O) groups excluding carboxylic acids is 1. The van der Waals surface area contributed by atoms with Gasteiger partial charge in [-0.2, -0.15) is 13.2 Å². The van der Waals surface area contributed by atoms with Crippen molar-refractivity contribution in [1.29, 1.82) is 0 Å². The van der Waals surface area contributed by atoms with Crippen LogP contribution in [0.3, 0.4) is 0 Å². The number of fused-ring (bicyclic) bond motifs is 1. The molecule has 0 aliphatic rings. The maximum absolute atomic E-state index is 12.2. The van der Waals surface area contributed by atoms with Gasteiger partial charge < -0.3 is 10.3 Å². The molecule has 3 rings (SSSR count). The second-order valence-electron chi connectivity index (χ2n) is 4.98. The van der Waals surface area contributed by atoms with Gasteiger partial charge in [0.15, 0.2) is 0 Å². The van der Waals surface area contributed by atoms with E-state index in [9.17, 15) is 18.0 Å². The number of nitrogens with zero attached hydrogens (tertiary/aromatic N) is 1. The van der Waals surface area contributed by atoms with Crippen molar-refractivity contribution in [2.24, 2.45) is 0 Å². The Labute approximate surface area is 129 Å². The average Bonchev–Trinajstić information content (AvgIpc) is 3.00. The number of H-pyrrole nitrogens is 1. The summed E-state index contributed by atoms with van der Waals surface area (Å²) in [6.45, 7) is -1.35. The van der Waals surface area contributed by atoms with Gasteiger partial charge in [0.1, 0.15) is 12.2 Å². The summed E-state index contributed by atoms with van der Waals surface area (Å²) in [5.74, 6) is -0.761. The fourth-order valence-corrected chi connectivity index (χ4v) is 2.32. The number of rotatable bonds is 3. The van der Waals surface area contributed by atoms with E-state index in [1.165, 1.54) is 6.07 Å². The van der Waals surface area contributed by atoms with Crippen LogP contribution in [0.1, 0.15) is 10.4 Å². The Morgan fingerprint density at radius 2 is 2.04 bits per heavy atom. The van der Waals surface area contributed by atoms with Crippen molar-refractivity contribution in [3.05, 3.63) is 54.4 Å². The lowest BCUT2D eigenvalue weighted by Gasteiger charge is -2.09. The molecule has 0 aliphatic heterocycles. The van der Waals surface area contributed by atoms with Crippen LogP contribution in [-0.4, -0.2) is 28.6 Å². The number of hydrogen-bond donors (Lipinski definition) is 2. The summed E-state index contributed by atoms with van der Waals surface area (Å²) in [4.78, 5) is 19.0. The molecule has 3 aromatic rings. The minimum Gasteiger partial charge on any atom is -0.346 e. The van der Waals surface area contributed by atoms with Crippen LogP contribution < -0.4 is 5.32 Å². The van der Waals surface area contributed by atoms with Gasteiger partial charge in [0.2, 0.25) is 0 Å². The summed E-state index contributed by atoms with van der Waals surface area (Å²) in [5, 5.41) is 2.74. The zero-order valence-electron chi connectivity index (χ0n) is 11.8. The molecule has 0 fully saturated rings. The van der Waals surface area contributed by atoms with Gasteiger partial charge in [-0.3, -0.25) is 4.79 Å². The van der Waals surface area contributed by atoms with E-state index in [2.05, 4.69) is 9.97 Å². The van der Waals surface area contributed by atoms with E-state index in [1.807, 2.05) is 11.4 Å². The van der Waals surface area contributed by atoms with Gasteiger partial charge in [0.25, 0.3) is 5.91 Å². The van der Waals surface area contributed by atoms with Gasteiger partial charge in [0.05, 0.1) is 0 Å². The Morgan fingerprint density at radius 3 is 2.83 bits per heavy atom. The van der Waals surface area contributed by atoms with E-state index in [-0.39, 0.29) is 5.56 Å². The number of halogens is 3. The van der Waals surface area contributed by atoms with Crippen molar-refractivity contribution in [2.45, 2.75) is 6.18 Å². The van der Waals surface area contributed by atoms with Crippen LogP contribution >= 0.6 is 0 Å². The second kappa shape index (κ2) is 5.75. The Balaban J connectivity index is 1.91. The third-order valence-electron chi connectivity index (χ3n) is 3.35. The normalized spacial score (nSPS) is 11.6. The third-order valence-corrected chi connectivity index (χ3v) is 3.35. The van der Waals surface area contributed by atoms with Crippen molar-refractivity contribution in [3.8, 4) is 11.1 Å². The lowest BCUT2D eigenvalue weighted by molar-refractivity contribution is -0.123. The summed E-state index contributed by atoms with van der Waals surface area (Å²) in [6, 6.07) is 10.1. The highest BCUT2D eigenvalue weighted by Gasteiger charge is 2.27. The summed E-state index contributed by atoms with van der Waals surface area (Å²) < 4.78 is 36.6. The van der Waals surface area contributed by atoms with Crippen LogP contribution in [0.2, 0.25) is 0 Å². The third kappa shape index (κ3) is 3.33. The quantitative estimate of drug-likeness (QED) is 0.776. The van der Waals surface area contributed by atoms with Gasteiger partial charge in [0, 0.05) is 23.3 Å². The highest BCUT2D eigenvalue weighted by atomic mass is 19.4.